The predicted octanol–water partition coefficient (Wildman–Crippen LogP) is 8.65. The average Bonchev–Trinajstić information content (AvgIpc) is 3.02. The quantitative estimate of drug-likeness (QED) is 0.310. The summed E-state index contributed by atoms with van der Waals surface area (Å²) in [5.41, 5.74) is 9.53. The molecule has 5 rings (SSSR count). The molecule has 0 N–H and O–H groups in total. The molecule has 1 aliphatic rings. The molecule has 2 heteroatoms. The molecule has 0 spiro atoms. The number of fused-ring (bicyclic) bond motifs is 3. The summed E-state index contributed by atoms with van der Waals surface area (Å²) in [4.78, 5) is 2.15. The van der Waals surface area contributed by atoms with Gasteiger partial charge in [-0.3, -0.25) is 0 Å². The Bertz CT molecular complexity index is 1330. The van der Waals surface area contributed by atoms with E-state index in [1.165, 1.54) is 11.1 Å². The summed E-state index contributed by atoms with van der Waals surface area (Å²) in [6.45, 7) is 10.8. The molecule has 1 nitrogen and oxygen atoms in total. The molecule has 0 atom stereocenters. The van der Waals surface area contributed by atoms with Gasteiger partial charge in [0.2, 0.25) is 0 Å². The molecule has 4 aromatic carbocycles. The van der Waals surface area contributed by atoms with Gasteiger partial charge < -0.3 is 4.90 Å². The lowest BCUT2D eigenvalue weighted by Gasteiger charge is -2.33. The Labute approximate surface area is 196 Å². The van der Waals surface area contributed by atoms with Gasteiger partial charge in [-0.05, 0) is 77.9 Å². The van der Waals surface area contributed by atoms with Crippen LogP contribution in [0, 0.1) is 12.7 Å². The van der Waals surface area contributed by atoms with Gasteiger partial charge in [-0.2, -0.15) is 0 Å². The van der Waals surface area contributed by atoms with Crippen molar-refractivity contribution in [1.82, 2.24) is 0 Å². The summed E-state index contributed by atoms with van der Waals surface area (Å²) in [7, 11) is 0. The fourth-order valence-corrected chi connectivity index (χ4v) is 5.26. The predicted molar refractivity (Wildman–Crippen MR) is 138 cm³/mol. The monoisotopic (exact) mass is 435 g/mol. The number of halogens is 1. The van der Waals surface area contributed by atoms with Crippen LogP contribution < -0.4 is 4.90 Å². The van der Waals surface area contributed by atoms with Gasteiger partial charge in [-0.1, -0.05) is 80.6 Å². The van der Waals surface area contributed by atoms with Gasteiger partial charge in [0.1, 0.15) is 5.82 Å². The summed E-state index contributed by atoms with van der Waals surface area (Å²) in [6.07, 6.45) is 0. The van der Waals surface area contributed by atoms with Crippen LogP contribution >= 0.6 is 0 Å². The van der Waals surface area contributed by atoms with E-state index in [1.807, 2.05) is 12.1 Å². The number of anilines is 2. The number of benzene rings is 4. The zero-order valence-electron chi connectivity index (χ0n) is 20.0. The maximum Gasteiger partial charge on any atom is 0.147 e. The molecule has 166 valence electrons. The van der Waals surface area contributed by atoms with Gasteiger partial charge in [0.25, 0.3) is 0 Å². The van der Waals surface area contributed by atoms with Gasteiger partial charge in [0.15, 0.2) is 0 Å². The van der Waals surface area contributed by atoms with E-state index in [0.717, 1.165) is 33.5 Å². The highest BCUT2D eigenvalue weighted by molar-refractivity contribution is 5.84. The minimum atomic E-state index is -0.181. The summed E-state index contributed by atoms with van der Waals surface area (Å²) in [6, 6.07) is 29.1. The minimum absolute atomic E-state index is 0.0918. The highest BCUT2D eigenvalue weighted by atomic mass is 19.1. The highest BCUT2D eigenvalue weighted by Crippen LogP contribution is 2.51. The van der Waals surface area contributed by atoms with Crippen molar-refractivity contribution in [2.24, 2.45) is 0 Å². The zero-order chi connectivity index (χ0) is 23.3. The second-order valence-electron chi connectivity index (χ2n) is 9.85. The van der Waals surface area contributed by atoms with E-state index < -0.39 is 0 Å². The number of aryl methyl sites for hydroxylation is 1. The van der Waals surface area contributed by atoms with Gasteiger partial charge in [-0.15, -0.1) is 0 Å². The van der Waals surface area contributed by atoms with Crippen LogP contribution in [0.15, 0.2) is 84.9 Å². The van der Waals surface area contributed by atoms with Crippen molar-refractivity contribution in [2.75, 3.05) is 4.90 Å². The SMILES string of the molecule is Cc1ccc(-c2ccccc2)cc1N(c1cc2c(cc1F)-c1ccccc1C2(C)C)C(C)C. The van der Waals surface area contributed by atoms with Crippen molar-refractivity contribution < 1.29 is 4.39 Å². The fourth-order valence-electron chi connectivity index (χ4n) is 5.26. The van der Waals surface area contributed by atoms with Crippen molar-refractivity contribution in [1.29, 1.82) is 0 Å². The van der Waals surface area contributed by atoms with Crippen LogP contribution in [0.1, 0.15) is 44.4 Å². The number of rotatable bonds is 4. The summed E-state index contributed by atoms with van der Waals surface area (Å²) < 4.78 is 15.8. The third-order valence-electron chi connectivity index (χ3n) is 7.00. The second kappa shape index (κ2) is 7.88. The van der Waals surface area contributed by atoms with Crippen molar-refractivity contribution in [3.63, 3.8) is 0 Å². The molecular formula is C31H30FN. The molecule has 0 radical (unpaired) electrons. The van der Waals surface area contributed by atoms with Gasteiger partial charge in [0, 0.05) is 17.1 Å². The minimum Gasteiger partial charge on any atom is -0.336 e. The van der Waals surface area contributed by atoms with Gasteiger partial charge in [-0.25, -0.2) is 4.39 Å². The number of hydrogen-bond acceptors (Lipinski definition) is 1. The Kier molecular flexibility index (Phi) is 5.12. The van der Waals surface area contributed by atoms with E-state index in [2.05, 4.69) is 106 Å². The van der Waals surface area contributed by atoms with Crippen LogP contribution in [0.3, 0.4) is 0 Å². The van der Waals surface area contributed by atoms with Crippen molar-refractivity contribution in [3.05, 3.63) is 107 Å². The van der Waals surface area contributed by atoms with E-state index in [4.69, 9.17) is 0 Å². The van der Waals surface area contributed by atoms with Crippen LogP contribution in [0.2, 0.25) is 0 Å². The van der Waals surface area contributed by atoms with E-state index in [1.54, 1.807) is 6.07 Å². The highest BCUT2D eigenvalue weighted by Gasteiger charge is 2.37. The van der Waals surface area contributed by atoms with Crippen LogP contribution in [0.25, 0.3) is 22.3 Å². The first-order valence-electron chi connectivity index (χ1n) is 11.7. The van der Waals surface area contributed by atoms with E-state index in [-0.39, 0.29) is 17.3 Å². The number of nitrogens with zero attached hydrogens (tertiary/aromatic N) is 1. The molecule has 1 aliphatic carbocycles. The Hall–Kier alpha value is -3.39. The Morgan fingerprint density at radius 3 is 2.12 bits per heavy atom. The lowest BCUT2D eigenvalue weighted by molar-refractivity contribution is 0.613. The topological polar surface area (TPSA) is 3.24 Å². The fraction of sp³-hybridized carbons (Fsp3) is 0.226. The van der Waals surface area contributed by atoms with E-state index in [0.29, 0.717) is 5.69 Å². The second-order valence-corrected chi connectivity index (χ2v) is 9.85. The Balaban J connectivity index is 1.68. The Morgan fingerprint density at radius 1 is 0.697 bits per heavy atom. The molecule has 0 saturated heterocycles. The summed E-state index contributed by atoms with van der Waals surface area (Å²) in [5.74, 6) is -0.181. The van der Waals surface area contributed by atoms with Crippen LogP contribution in [-0.4, -0.2) is 6.04 Å². The van der Waals surface area contributed by atoms with Crippen molar-refractivity contribution in [2.45, 2.75) is 46.1 Å². The molecule has 0 amide bonds. The third-order valence-corrected chi connectivity index (χ3v) is 7.00. The molecule has 0 aliphatic heterocycles. The number of hydrogen-bond donors (Lipinski definition) is 0. The van der Waals surface area contributed by atoms with Crippen LogP contribution in [0.5, 0.6) is 0 Å². The largest absolute Gasteiger partial charge is 0.336 e. The lowest BCUT2D eigenvalue weighted by Crippen LogP contribution is -2.28. The van der Waals surface area contributed by atoms with Crippen LogP contribution in [-0.2, 0) is 5.41 Å². The smallest absolute Gasteiger partial charge is 0.147 e. The first-order valence-corrected chi connectivity index (χ1v) is 11.7. The molecule has 0 aromatic heterocycles. The molecule has 0 saturated carbocycles. The lowest BCUT2D eigenvalue weighted by atomic mass is 9.82. The van der Waals surface area contributed by atoms with Crippen LogP contribution in [0.4, 0.5) is 15.8 Å². The first-order chi connectivity index (χ1) is 15.8. The summed E-state index contributed by atoms with van der Waals surface area (Å²) >= 11 is 0. The maximum absolute atomic E-state index is 15.8. The Morgan fingerprint density at radius 2 is 1.39 bits per heavy atom. The first kappa shape index (κ1) is 21.5. The van der Waals surface area contributed by atoms with Gasteiger partial charge >= 0.3 is 0 Å². The van der Waals surface area contributed by atoms with E-state index in [9.17, 15) is 0 Å². The molecular weight excluding hydrogens is 405 g/mol. The van der Waals surface area contributed by atoms with Crippen molar-refractivity contribution >= 4 is 11.4 Å². The van der Waals surface area contributed by atoms with E-state index >= 15 is 4.39 Å². The van der Waals surface area contributed by atoms with Gasteiger partial charge in [0.05, 0.1) is 5.69 Å². The molecule has 33 heavy (non-hydrogen) atoms. The standard InChI is InChI=1S/C31H30FN/c1-20(2)33(29-17-23(16-15-21(29)3)22-11-7-6-8-12-22)30-19-27-25(18-28(30)32)24-13-9-10-14-26(24)31(27,4)5/h6-20H,1-5H3. The molecule has 0 heterocycles. The molecule has 0 unspecified atom stereocenters. The summed E-state index contributed by atoms with van der Waals surface area (Å²) in [5, 5.41) is 0. The zero-order valence-corrected chi connectivity index (χ0v) is 20.0. The van der Waals surface area contributed by atoms with Crippen molar-refractivity contribution in [3.8, 4) is 22.3 Å². The normalized spacial score (nSPS) is 13.7. The third kappa shape index (κ3) is 3.45. The maximum atomic E-state index is 15.8. The molecule has 4 aromatic rings. The average molecular weight is 436 g/mol. The molecule has 0 bridgehead atoms. The molecule has 0 fully saturated rings.